The predicted molar refractivity (Wildman–Crippen MR) is 56.9 cm³/mol. The van der Waals surface area contributed by atoms with Crippen LogP contribution in [-0.2, 0) is 11.3 Å². The number of ether oxygens (including phenoxy) is 1. The highest BCUT2D eigenvalue weighted by Crippen LogP contribution is 2.24. The number of pyridine rings is 1. The van der Waals surface area contributed by atoms with Crippen LogP contribution in [0.2, 0.25) is 0 Å². The van der Waals surface area contributed by atoms with E-state index in [0.717, 1.165) is 10.9 Å². The van der Waals surface area contributed by atoms with Crippen LogP contribution in [0.15, 0.2) is 29.1 Å². The van der Waals surface area contributed by atoms with Crippen molar-refractivity contribution < 1.29 is 9.84 Å². The second-order valence-electron chi connectivity index (χ2n) is 3.29. The van der Waals surface area contributed by atoms with Crippen molar-refractivity contribution >= 4 is 10.9 Å². The topological polar surface area (TPSA) is 62.3 Å². The maximum absolute atomic E-state index is 11.1. The SMILES string of the molecule is COCc1ccc(O)c2[nH]c(=O)ccc12. The summed E-state index contributed by atoms with van der Waals surface area (Å²) in [6, 6.07) is 6.44. The summed E-state index contributed by atoms with van der Waals surface area (Å²) in [4.78, 5) is 13.7. The van der Waals surface area contributed by atoms with Crippen molar-refractivity contribution in [3.63, 3.8) is 0 Å². The lowest BCUT2D eigenvalue weighted by molar-refractivity contribution is 0.186. The normalized spacial score (nSPS) is 10.7. The number of fused-ring (bicyclic) bond motifs is 1. The second kappa shape index (κ2) is 3.74. The number of aromatic hydroxyl groups is 1. The molecule has 78 valence electrons. The Morgan fingerprint density at radius 1 is 1.33 bits per heavy atom. The van der Waals surface area contributed by atoms with E-state index in [1.165, 1.54) is 6.07 Å². The van der Waals surface area contributed by atoms with Gasteiger partial charge in [0, 0.05) is 18.6 Å². The number of nitrogens with one attached hydrogen (secondary N) is 1. The van der Waals surface area contributed by atoms with Gasteiger partial charge in [0.25, 0.3) is 0 Å². The van der Waals surface area contributed by atoms with E-state index in [1.54, 1.807) is 25.3 Å². The molecular formula is C11H11NO3. The van der Waals surface area contributed by atoms with Crippen molar-refractivity contribution in [2.45, 2.75) is 6.61 Å². The number of hydrogen-bond acceptors (Lipinski definition) is 3. The molecule has 0 unspecified atom stereocenters. The zero-order valence-corrected chi connectivity index (χ0v) is 8.28. The first kappa shape index (κ1) is 9.73. The average Bonchev–Trinajstić information content (AvgIpc) is 2.23. The minimum absolute atomic E-state index is 0.0718. The molecule has 0 atom stereocenters. The monoisotopic (exact) mass is 205 g/mol. The molecule has 1 heterocycles. The first-order valence-electron chi connectivity index (χ1n) is 4.55. The maximum Gasteiger partial charge on any atom is 0.248 e. The minimum atomic E-state index is -0.229. The molecule has 1 aromatic carbocycles. The van der Waals surface area contributed by atoms with Gasteiger partial charge in [0.1, 0.15) is 5.75 Å². The summed E-state index contributed by atoms with van der Waals surface area (Å²) in [5, 5.41) is 10.4. The van der Waals surface area contributed by atoms with Gasteiger partial charge in [0.15, 0.2) is 0 Å². The maximum atomic E-state index is 11.1. The van der Waals surface area contributed by atoms with E-state index in [-0.39, 0.29) is 11.3 Å². The van der Waals surface area contributed by atoms with E-state index < -0.39 is 0 Å². The lowest BCUT2D eigenvalue weighted by Gasteiger charge is -2.06. The molecule has 2 rings (SSSR count). The average molecular weight is 205 g/mol. The van der Waals surface area contributed by atoms with Gasteiger partial charge in [-0.2, -0.15) is 0 Å². The van der Waals surface area contributed by atoms with Gasteiger partial charge in [-0.05, 0) is 17.7 Å². The van der Waals surface area contributed by atoms with Crippen LogP contribution < -0.4 is 5.56 Å². The molecule has 2 N–H and O–H groups in total. The van der Waals surface area contributed by atoms with Gasteiger partial charge in [-0.25, -0.2) is 0 Å². The number of hydrogen-bond donors (Lipinski definition) is 2. The second-order valence-corrected chi connectivity index (χ2v) is 3.29. The van der Waals surface area contributed by atoms with Crippen molar-refractivity contribution in [1.29, 1.82) is 0 Å². The fourth-order valence-corrected chi connectivity index (χ4v) is 1.58. The van der Waals surface area contributed by atoms with Crippen LogP contribution in [0.1, 0.15) is 5.56 Å². The molecule has 0 aliphatic carbocycles. The molecule has 1 aromatic heterocycles. The number of H-pyrrole nitrogens is 1. The summed E-state index contributed by atoms with van der Waals surface area (Å²) in [6.45, 7) is 0.447. The standard InChI is InChI=1S/C11H11NO3/c1-15-6-7-2-4-9(13)11-8(7)3-5-10(14)12-11/h2-5,13H,6H2,1H3,(H,12,14). The van der Waals surface area contributed by atoms with E-state index in [9.17, 15) is 9.90 Å². The quantitative estimate of drug-likeness (QED) is 0.778. The Morgan fingerprint density at radius 2 is 2.13 bits per heavy atom. The molecule has 4 heteroatoms. The lowest BCUT2D eigenvalue weighted by Crippen LogP contribution is -2.03. The summed E-state index contributed by atoms with van der Waals surface area (Å²) in [5.74, 6) is 0.0718. The summed E-state index contributed by atoms with van der Waals surface area (Å²) in [5.41, 5.74) is 1.16. The first-order valence-corrected chi connectivity index (χ1v) is 4.55. The number of benzene rings is 1. The Labute approximate surface area is 86.1 Å². The third-order valence-corrected chi connectivity index (χ3v) is 2.26. The summed E-state index contributed by atoms with van der Waals surface area (Å²) in [7, 11) is 1.60. The molecule has 15 heavy (non-hydrogen) atoms. The summed E-state index contributed by atoms with van der Waals surface area (Å²) in [6.07, 6.45) is 0. The molecular weight excluding hydrogens is 194 g/mol. The van der Waals surface area contributed by atoms with Crippen molar-refractivity contribution in [3.05, 3.63) is 40.2 Å². The van der Waals surface area contributed by atoms with Crippen molar-refractivity contribution in [1.82, 2.24) is 4.98 Å². The highest BCUT2D eigenvalue weighted by Gasteiger charge is 2.05. The number of rotatable bonds is 2. The van der Waals surface area contributed by atoms with Crippen LogP contribution in [0, 0.1) is 0 Å². The van der Waals surface area contributed by atoms with Gasteiger partial charge in [-0.3, -0.25) is 4.79 Å². The third kappa shape index (κ3) is 1.71. The highest BCUT2D eigenvalue weighted by molar-refractivity contribution is 5.86. The lowest BCUT2D eigenvalue weighted by atomic mass is 10.1. The fraction of sp³-hybridized carbons (Fsp3) is 0.182. The number of aromatic amines is 1. The molecule has 0 spiro atoms. The molecule has 0 aliphatic heterocycles. The molecule has 0 aliphatic rings. The van der Waals surface area contributed by atoms with Gasteiger partial charge in [-0.1, -0.05) is 6.07 Å². The van der Waals surface area contributed by atoms with E-state index >= 15 is 0 Å². The molecule has 0 saturated heterocycles. The Kier molecular flexibility index (Phi) is 2.43. The molecule has 0 saturated carbocycles. The van der Waals surface area contributed by atoms with Crippen LogP contribution in [-0.4, -0.2) is 17.2 Å². The Bertz CT molecular complexity index is 545. The highest BCUT2D eigenvalue weighted by atomic mass is 16.5. The van der Waals surface area contributed by atoms with Gasteiger partial charge in [-0.15, -0.1) is 0 Å². The van der Waals surface area contributed by atoms with Crippen molar-refractivity contribution in [2.24, 2.45) is 0 Å². The van der Waals surface area contributed by atoms with Gasteiger partial charge >= 0.3 is 0 Å². The van der Waals surface area contributed by atoms with E-state index in [1.807, 2.05) is 0 Å². The van der Waals surface area contributed by atoms with Crippen LogP contribution in [0.25, 0.3) is 10.9 Å². The molecule has 0 amide bonds. The number of phenols is 1. The summed E-state index contributed by atoms with van der Waals surface area (Å²) < 4.78 is 5.03. The van der Waals surface area contributed by atoms with Crippen molar-refractivity contribution in [3.8, 4) is 5.75 Å². The molecule has 4 nitrogen and oxygen atoms in total. The number of aromatic nitrogens is 1. The Hall–Kier alpha value is -1.81. The van der Waals surface area contributed by atoms with Crippen LogP contribution >= 0.6 is 0 Å². The smallest absolute Gasteiger partial charge is 0.248 e. The summed E-state index contributed by atoms with van der Waals surface area (Å²) >= 11 is 0. The van der Waals surface area contributed by atoms with Gasteiger partial charge < -0.3 is 14.8 Å². The van der Waals surface area contributed by atoms with E-state index in [2.05, 4.69) is 4.98 Å². The first-order chi connectivity index (χ1) is 7.22. The van der Waals surface area contributed by atoms with Crippen molar-refractivity contribution in [2.75, 3.05) is 7.11 Å². The zero-order valence-electron chi connectivity index (χ0n) is 8.28. The largest absolute Gasteiger partial charge is 0.506 e. The van der Waals surface area contributed by atoms with Crippen LogP contribution in [0.4, 0.5) is 0 Å². The van der Waals surface area contributed by atoms with E-state index in [0.29, 0.717) is 12.1 Å². The number of phenolic OH excluding ortho intramolecular Hbond substituents is 1. The molecule has 2 aromatic rings. The van der Waals surface area contributed by atoms with E-state index in [4.69, 9.17) is 4.74 Å². The molecule has 0 radical (unpaired) electrons. The zero-order chi connectivity index (χ0) is 10.8. The van der Waals surface area contributed by atoms with Crippen LogP contribution in [0.3, 0.4) is 0 Å². The Balaban J connectivity index is 2.76. The Morgan fingerprint density at radius 3 is 2.87 bits per heavy atom. The fourth-order valence-electron chi connectivity index (χ4n) is 1.58. The number of methoxy groups -OCH3 is 1. The minimum Gasteiger partial charge on any atom is -0.506 e. The predicted octanol–water partition coefficient (Wildman–Crippen LogP) is 1.38. The van der Waals surface area contributed by atoms with Crippen LogP contribution in [0.5, 0.6) is 5.75 Å². The molecule has 0 bridgehead atoms. The third-order valence-electron chi connectivity index (χ3n) is 2.26. The van der Waals surface area contributed by atoms with Gasteiger partial charge in [0.05, 0.1) is 12.1 Å². The molecule has 0 fully saturated rings. The van der Waals surface area contributed by atoms with Gasteiger partial charge in [0.2, 0.25) is 5.56 Å².